The molecule has 5 heteroatoms. The average Bonchev–Trinajstić information content (AvgIpc) is 2.67. The minimum Gasteiger partial charge on any atom is -0.455 e. The lowest BCUT2D eigenvalue weighted by atomic mass is 9.98. The third-order valence-corrected chi connectivity index (χ3v) is 2.96. The zero-order valence-corrected chi connectivity index (χ0v) is 11.9. The van der Waals surface area contributed by atoms with E-state index in [0.29, 0.717) is 13.2 Å². The third-order valence-electron chi connectivity index (χ3n) is 2.96. The van der Waals surface area contributed by atoms with Gasteiger partial charge in [0.1, 0.15) is 6.10 Å². The highest BCUT2D eigenvalue weighted by atomic mass is 16.6. The SMILES string of the molecule is C=CCOCC1OC(=O)C(C)(OCC=C)C1OCC=C. The first-order chi connectivity index (χ1) is 9.60. The minimum atomic E-state index is -1.17. The fourth-order valence-electron chi connectivity index (χ4n) is 1.99. The Hall–Kier alpha value is -1.43. The second-order valence-corrected chi connectivity index (χ2v) is 4.52. The van der Waals surface area contributed by atoms with Crippen LogP contribution in [-0.4, -0.2) is 50.2 Å². The molecule has 0 aromatic rings. The standard InChI is InChI=1S/C15H22O5/c1-5-8-17-11-12-13(18-9-6-2)15(4,14(16)20-12)19-10-7-3/h5-7,12-13H,1-3,8-11H2,4H3. The first-order valence-electron chi connectivity index (χ1n) is 6.47. The van der Waals surface area contributed by atoms with Crippen molar-refractivity contribution in [2.75, 3.05) is 26.4 Å². The van der Waals surface area contributed by atoms with Crippen LogP contribution < -0.4 is 0 Å². The van der Waals surface area contributed by atoms with Crippen molar-refractivity contribution in [3.05, 3.63) is 38.0 Å². The van der Waals surface area contributed by atoms with Crippen LogP contribution in [0.1, 0.15) is 6.92 Å². The molecule has 3 unspecified atom stereocenters. The summed E-state index contributed by atoms with van der Waals surface area (Å²) in [6.07, 6.45) is 3.74. The van der Waals surface area contributed by atoms with Crippen LogP contribution in [0.4, 0.5) is 0 Å². The smallest absolute Gasteiger partial charge is 0.341 e. The van der Waals surface area contributed by atoms with Gasteiger partial charge in [0, 0.05) is 0 Å². The number of ether oxygens (including phenoxy) is 4. The molecule has 0 radical (unpaired) electrons. The highest BCUT2D eigenvalue weighted by molar-refractivity contribution is 5.82. The largest absolute Gasteiger partial charge is 0.455 e. The number of esters is 1. The van der Waals surface area contributed by atoms with E-state index in [1.54, 1.807) is 25.2 Å². The van der Waals surface area contributed by atoms with E-state index in [1.807, 2.05) is 0 Å². The van der Waals surface area contributed by atoms with Gasteiger partial charge in [0.25, 0.3) is 0 Å². The molecule has 0 aliphatic carbocycles. The van der Waals surface area contributed by atoms with Gasteiger partial charge in [-0.05, 0) is 6.92 Å². The van der Waals surface area contributed by atoms with Crippen molar-refractivity contribution in [1.29, 1.82) is 0 Å². The summed E-state index contributed by atoms with van der Waals surface area (Å²) in [5, 5.41) is 0. The summed E-state index contributed by atoms with van der Waals surface area (Å²) in [5.74, 6) is -0.458. The molecule has 112 valence electrons. The van der Waals surface area contributed by atoms with Crippen molar-refractivity contribution in [3.8, 4) is 0 Å². The van der Waals surface area contributed by atoms with E-state index < -0.39 is 23.8 Å². The van der Waals surface area contributed by atoms with Gasteiger partial charge in [-0.2, -0.15) is 0 Å². The normalized spacial score (nSPS) is 28.9. The molecular weight excluding hydrogens is 260 g/mol. The second-order valence-electron chi connectivity index (χ2n) is 4.52. The van der Waals surface area contributed by atoms with Crippen LogP contribution in [0.2, 0.25) is 0 Å². The zero-order valence-electron chi connectivity index (χ0n) is 11.9. The van der Waals surface area contributed by atoms with E-state index in [0.717, 1.165) is 0 Å². The van der Waals surface area contributed by atoms with Crippen LogP contribution in [0.15, 0.2) is 38.0 Å². The van der Waals surface area contributed by atoms with E-state index in [4.69, 9.17) is 18.9 Å². The number of carbonyl (C=O) groups excluding carboxylic acids is 1. The molecule has 0 aromatic heterocycles. The van der Waals surface area contributed by atoms with Crippen molar-refractivity contribution in [2.45, 2.75) is 24.7 Å². The van der Waals surface area contributed by atoms with Crippen LogP contribution in [0.3, 0.4) is 0 Å². The molecule has 0 spiro atoms. The fraction of sp³-hybridized carbons (Fsp3) is 0.533. The number of cyclic esters (lactones) is 1. The van der Waals surface area contributed by atoms with Gasteiger partial charge in [0.05, 0.1) is 26.4 Å². The van der Waals surface area contributed by atoms with Gasteiger partial charge >= 0.3 is 5.97 Å². The Labute approximate surface area is 119 Å². The summed E-state index contributed by atoms with van der Waals surface area (Å²) in [7, 11) is 0. The molecule has 0 saturated carbocycles. The Morgan fingerprint density at radius 2 is 1.85 bits per heavy atom. The predicted molar refractivity (Wildman–Crippen MR) is 75.4 cm³/mol. The molecule has 1 aliphatic rings. The van der Waals surface area contributed by atoms with Crippen LogP contribution in [0, 0.1) is 0 Å². The van der Waals surface area contributed by atoms with E-state index in [-0.39, 0.29) is 13.2 Å². The summed E-state index contributed by atoms with van der Waals surface area (Å²) in [6.45, 7) is 13.5. The zero-order chi connectivity index (χ0) is 15.0. The predicted octanol–water partition coefficient (Wildman–Crippen LogP) is 1.65. The molecule has 0 amide bonds. The van der Waals surface area contributed by atoms with Gasteiger partial charge in [-0.1, -0.05) is 18.2 Å². The van der Waals surface area contributed by atoms with Gasteiger partial charge in [-0.3, -0.25) is 0 Å². The Morgan fingerprint density at radius 1 is 1.20 bits per heavy atom. The van der Waals surface area contributed by atoms with Gasteiger partial charge in [-0.15, -0.1) is 19.7 Å². The quantitative estimate of drug-likeness (QED) is 0.346. The average molecular weight is 282 g/mol. The maximum atomic E-state index is 12.1. The van der Waals surface area contributed by atoms with Gasteiger partial charge in [0.2, 0.25) is 0 Å². The lowest BCUT2D eigenvalue weighted by molar-refractivity contribution is -0.161. The monoisotopic (exact) mass is 282 g/mol. The Morgan fingerprint density at radius 3 is 2.45 bits per heavy atom. The molecule has 20 heavy (non-hydrogen) atoms. The molecule has 0 aromatic carbocycles. The number of hydrogen-bond donors (Lipinski definition) is 0. The van der Waals surface area contributed by atoms with Crippen molar-refractivity contribution in [2.24, 2.45) is 0 Å². The molecule has 1 rings (SSSR count). The molecule has 0 N–H and O–H groups in total. The summed E-state index contributed by atoms with van der Waals surface area (Å²) in [4.78, 5) is 12.1. The first-order valence-corrected chi connectivity index (χ1v) is 6.47. The summed E-state index contributed by atoms with van der Waals surface area (Å²) < 4.78 is 21.9. The van der Waals surface area contributed by atoms with E-state index in [1.165, 1.54) is 0 Å². The van der Waals surface area contributed by atoms with Gasteiger partial charge in [0.15, 0.2) is 11.7 Å². The van der Waals surface area contributed by atoms with Crippen LogP contribution in [0.25, 0.3) is 0 Å². The van der Waals surface area contributed by atoms with E-state index >= 15 is 0 Å². The van der Waals surface area contributed by atoms with Crippen molar-refractivity contribution in [3.63, 3.8) is 0 Å². The van der Waals surface area contributed by atoms with E-state index in [9.17, 15) is 4.79 Å². The summed E-state index contributed by atoms with van der Waals surface area (Å²) >= 11 is 0. The number of carbonyl (C=O) groups is 1. The molecule has 1 fully saturated rings. The molecule has 0 bridgehead atoms. The lowest BCUT2D eigenvalue weighted by Gasteiger charge is -2.28. The number of rotatable bonds is 10. The topological polar surface area (TPSA) is 54.0 Å². The van der Waals surface area contributed by atoms with Crippen LogP contribution in [0.5, 0.6) is 0 Å². The van der Waals surface area contributed by atoms with E-state index in [2.05, 4.69) is 19.7 Å². The Kier molecular flexibility index (Phi) is 6.64. The molecule has 1 aliphatic heterocycles. The highest BCUT2D eigenvalue weighted by Crippen LogP contribution is 2.32. The minimum absolute atomic E-state index is 0.229. The molecule has 3 atom stereocenters. The summed E-state index contributed by atoms with van der Waals surface area (Å²) in [5.41, 5.74) is -1.17. The third kappa shape index (κ3) is 3.79. The fourth-order valence-corrected chi connectivity index (χ4v) is 1.99. The van der Waals surface area contributed by atoms with Crippen LogP contribution in [-0.2, 0) is 23.7 Å². The molecular formula is C15H22O5. The Bertz CT molecular complexity index is 365. The maximum absolute atomic E-state index is 12.1. The molecule has 1 heterocycles. The highest BCUT2D eigenvalue weighted by Gasteiger charge is 2.56. The first kappa shape index (κ1) is 16.6. The van der Waals surface area contributed by atoms with Gasteiger partial charge in [-0.25, -0.2) is 4.79 Å². The van der Waals surface area contributed by atoms with Crippen molar-refractivity contribution in [1.82, 2.24) is 0 Å². The van der Waals surface area contributed by atoms with Gasteiger partial charge < -0.3 is 18.9 Å². The van der Waals surface area contributed by atoms with Crippen molar-refractivity contribution < 1.29 is 23.7 Å². The van der Waals surface area contributed by atoms with Crippen molar-refractivity contribution >= 4 is 5.97 Å². The second kappa shape index (κ2) is 7.99. The lowest BCUT2D eigenvalue weighted by Crippen LogP contribution is -2.48. The molecule has 5 nitrogen and oxygen atoms in total. The Balaban J connectivity index is 2.79. The summed E-state index contributed by atoms with van der Waals surface area (Å²) in [6, 6.07) is 0. The van der Waals surface area contributed by atoms with Crippen LogP contribution >= 0.6 is 0 Å². The molecule has 1 saturated heterocycles. The maximum Gasteiger partial charge on any atom is 0.341 e. The number of hydrogen-bond acceptors (Lipinski definition) is 5.